The molecule has 2 saturated carbocycles. The molecule has 12 heteroatoms. The van der Waals surface area contributed by atoms with E-state index in [2.05, 4.69) is 22.3 Å². The average Bonchev–Trinajstić information content (AvgIpc) is 3.15. The first-order valence-corrected chi connectivity index (χ1v) is 13.6. The minimum atomic E-state index is -0.338. The lowest BCUT2D eigenvalue weighted by Gasteiger charge is -2.30. The van der Waals surface area contributed by atoms with Gasteiger partial charge >= 0.3 is 0 Å². The van der Waals surface area contributed by atoms with Crippen molar-refractivity contribution in [3.63, 3.8) is 0 Å². The molecule has 5 N–H and O–H groups in total. The third-order valence-corrected chi connectivity index (χ3v) is 7.92. The Morgan fingerprint density at radius 3 is 2.43 bits per heavy atom. The molecule has 0 radical (unpaired) electrons. The summed E-state index contributed by atoms with van der Waals surface area (Å²) in [6.07, 6.45) is 5.74. The van der Waals surface area contributed by atoms with E-state index >= 15 is 0 Å². The topological polar surface area (TPSA) is 130 Å². The predicted molar refractivity (Wildman–Crippen MR) is 150 cm³/mol. The Bertz CT molecular complexity index is 1170. The van der Waals surface area contributed by atoms with Crippen molar-refractivity contribution in [3.05, 3.63) is 32.9 Å². The maximum absolute atomic E-state index is 11.8. The molecule has 2 aromatic rings. The second-order valence-corrected chi connectivity index (χ2v) is 11.0. The zero-order valence-electron chi connectivity index (χ0n) is 20.7. The van der Waals surface area contributed by atoms with Crippen LogP contribution in [-0.2, 0) is 4.79 Å². The number of nitrogens with one attached hydrogen (secondary N) is 2. The van der Waals surface area contributed by atoms with Gasteiger partial charge < -0.3 is 21.5 Å². The van der Waals surface area contributed by atoms with Gasteiger partial charge in [0.05, 0.1) is 27.5 Å². The summed E-state index contributed by atoms with van der Waals surface area (Å²) < 4.78 is 2.01. The molecular weight excluding hydrogens is 537 g/mol. The maximum Gasteiger partial charge on any atom is 0.224 e. The first kappa shape index (κ1) is 27.7. The third kappa shape index (κ3) is 6.57. The second-order valence-electron chi connectivity index (χ2n) is 9.75. The molecule has 0 spiro atoms. The highest BCUT2D eigenvalue weighted by atomic mass is 35.5. The molecule has 1 heterocycles. The van der Waals surface area contributed by atoms with Crippen LogP contribution in [0.15, 0.2) is 22.1 Å². The number of nitrogens with two attached hydrogens (primary N) is 1. The minimum absolute atomic E-state index is 0.00506. The van der Waals surface area contributed by atoms with Crippen molar-refractivity contribution in [2.45, 2.75) is 76.5 Å². The number of aliphatic hydroxyl groups excluding tert-OH is 1. The molecular formula is C25H32Cl3N7O2. The Labute approximate surface area is 231 Å². The number of nitrogens with zero attached hydrogens (tertiary/aromatic N) is 4. The number of benzene rings is 1. The molecule has 200 valence electrons. The maximum atomic E-state index is 11.8. The number of halogens is 3. The summed E-state index contributed by atoms with van der Waals surface area (Å²) >= 11 is 19.0. The molecule has 2 fully saturated rings. The lowest BCUT2D eigenvalue weighted by molar-refractivity contribution is -0.122. The molecule has 9 nitrogen and oxygen atoms in total. The van der Waals surface area contributed by atoms with Gasteiger partial charge in [-0.3, -0.25) is 9.36 Å². The first-order valence-electron chi connectivity index (χ1n) is 12.5. The molecule has 0 bridgehead atoms. The lowest BCUT2D eigenvalue weighted by atomic mass is 9.85. The number of carbonyl (C=O) groups is 1. The third-order valence-electron chi connectivity index (χ3n) is 7.10. The Kier molecular flexibility index (Phi) is 9.00. The van der Waals surface area contributed by atoms with Gasteiger partial charge in [0.25, 0.3) is 0 Å². The number of amides is 1. The Morgan fingerprint density at radius 1 is 1.16 bits per heavy atom. The molecule has 0 aliphatic heterocycles. The molecule has 2 aliphatic carbocycles. The van der Waals surface area contributed by atoms with Gasteiger partial charge in [0, 0.05) is 23.0 Å². The SMILES string of the molecule is C=N/C(=N\c1c(C)nc(Nc2c(Cl)cc(Cl)cc2Cl)n1[C@H]1CC[C@@H](C(N)=O)CC1)N[C@H]1CCC[C@H](O)C1. The fourth-order valence-corrected chi connectivity index (χ4v) is 6.10. The predicted octanol–water partition coefficient (Wildman–Crippen LogP) is 5.69. The number of aliphatic hydroxyl groups is 1. The summed E-state index contributed by atoms with van der Waals surface area (Å²) in [6.45, 7) is 5.57. The van der Waals surface area contributed by atoms with Crippen molar-refractivity contribution in [2.75, 3.05) is 5.32 Å². The Morgan fingerprint density at radius 2 is 1.84 bits per heavy atom. The monoisotopic (exact) mass is 567 g/mol. The van der Waals surface area contributed by atoms with Crippen molar-refractivity contribution in [2.24, 2.45) is 21.6 Å². The lowest BCUT2D eigenvalue weighted by Crippen LogP contribution is -2.39. The normalized spacial score (nSPS) is 24.5. The summed E-state index contributed by atoms with van der Waals surface area (Å²) in [6, 6.07) is 3.28. The summed E-state index contributed by atoms with van der Waals surface area (Å²) in [5.74, 6) is 1.07. The highest BCUT2D eigenvalue weighted by Crippen LogP contribution is 2.41. The highest BCUT2D eigenvalue weighted by molar-refractivity contribution is 6.41. The van der Waals surface area contributed by atoms with Crippen molar-refractivity contribution >= 4 is 70.8 Å². The van der Waals surface area contributed by atoms with E-state index in [0.717, 1.165) is 32.1 Å². The fraction of sp³-hybridized carbons (Fsp3) is 0.520. The summed E-state index contributed by atoms with van der Waals surface area (Å²) in [7, 11) is 0. The second kappa shape index (κ2) is 12.0. The van der Waals surface area contributed by atoms with Crippen molar-refractivity contribution in [1.82, 2.24) is 14.9 Å². The summed E-state index contributed by atoms with van der Waals surface area (Å²) in [4.78, 5) is 25.5. The van der Waals surface area contributed by atoms with E-state index in [1.54, 1.807) is 12.1 Å². The van der Waals surface area contributed by atoms with Gasteiger partial charge in [0.15, 0.2) is 5.82 Å². The number of guanidine groups is 1. The van der Waals surface area contributed by atoms with Crippen LogP contribution < -0.4 is 16.4 Å². The Hall–Kier alpha value is -2.33. The van der Waals surface area contributed by atoms with Gasteiger partial charge in [-0.25, -0.2) is 9.98 Å². The van der Waals surface area contributed by atoms with Crippen LogP contribution in [0, 0.1) is 12.8 Å². The molecule has 1 aromatic carbocycles. The summed E-state index contributed by atoms with van der Waals surface area (Å²) in [5.41, 5.74) is 6.72. The van der Waals surface area contributed by atoms with E-state index < -0.39 is 0 Å². The quantitative estimate of drug-likeness (QED) is 0.263. The van der Waals surface area contributed by atoms with Gasteiger partial charge in [0.2, 0.25) is 17.8 Å². The van der Waals surface area contributed by atoms with Crippen molar-refractivity contribution < 1.29 is 9.90 Å². The van der Waals surface area contributed by atoms with Crippen LogP contribution in [0.2, 0.25) is 15.1 Å². The number of aromatic nitrogens is 2. The zero-order valence-corrected chi connectivity index (χ0v) is 23.0. The molecule has 0 unspecified atom stereocenters. The number of hydrogen-bond donors (Lipinski definition) is 4. The van der Waals surface area contributed by atoms with Crippen LogP contribution in [0.25, 0.3) is 0 Å². The molecule has 0 saturated heterocycles. The fourth-order valence-electron chi connectivity index (χ4n) is 5.19. The molecule has 2 aliphatic rings. The van der Waals surface area contributed by atoms with E-state index in [4.69, 9.17) is 50.5 Å². The highest BCUT2D eigenvalue weighted by Gasteiger charge is 2.30. The number of aryl methyl sites for hydroxylation is 1. The van der Waals surface area contributed by atoms with Crippen LogP contribution in [-0.4, -0.2) is 45.4 Å². The number of hydrogen-bond acceptors (Lipinski definition) is 5. The number of primary amides is 1. The average molecular weight is 569 g/mol. The van der Waals surface area contributed by atoms with Crippen LogP contribution in [0.3, 0.4) is 0 Å². The number of aliphatic imine (C=N–C) groups is 2. The van der Waals surface area contributed by atoms with Crippen molar-refractivity contribution in [1.29, 1.82) is 0 Å². The molecule has 1 amide bonds. The van der Waals surface area contributed by atoms with Gasteiger partial charge in [-0.05, 0) is 77.1 Å². The zero-order chi connectivity index (χ0) is 26.7. The van der Waals surface area contributed by atoms with Crippen molar-refractivity contribution in [3.8, 4) is 0 Å². The van der Waals surface area contributed by atoms with E-state index in [1.165, 1.54) is 0 Å². The molecule has 37 heavy (non-hydrogen) atoms. The standard InChI is InChI=1S/C25H32Cl3N7O2/c1-13-23(34-24(30-2)32-16-4-3-5-18(36)12-16)35(17-8-6-14(7-9-17)22(29)37)25(31-13)33-21-19(27)10-15(26)11-20(21)28/h10-11,14,16-18,36H,2-9,12H2,1H3,(H2,29,37)(H,31,33)(H,32,34)/t14-,16-,17+,18-/m0/s1. The summed E-state index contributed by atoms with van der Waals surface area (Å²) in [5, 5.41) is 17.8. The molecule has 2 atom stereocenters. The van der Waals surface area contributed by atoms with Crippen LogP contribution in [0.1, 0.15) is 63.1 Å². The first-order chi connectivity index (χ1) is 17.7. The number of anilines is 2. The molecule has 4 rings (SSSR count). The van der Waals surface area contributed by atoms with Gasteiger partial charge in [-0.1, -0.05) is 34.8 Å². The van der Waals surface area contributed by atoms with Crippen LogP contribution in [0.5, 0.6) is 0 Å². The van der Waals surface area contributed by atoms with E-state index in [9.17, 15) is 9.90 Å². The largest absolute Gasteiger partial charge is 0.393 e. The van der Waals surface area contributed by atoms with Crippen LogP contribution in [0.4, 0.5) is 17.5 Å². The number of rotatable bonds is 6. The van der Waals surface area contributed by atoms with Gasteiger partial charge in [0.1, 0.15) is 0 Å². The van der Waals surface area contributed by atoms with E-state index in [-0.39, 0.29) is 30.0 Å². The minimum Gasteiger partial charge on any atom is -0.393 e. The van der Waals surface area contributed by atoms with Gasteiger partial charge in [-0.2, -0.15) is 4.99 Å². The van der Waals surface area contributed by atoms with Crippen LogP contribution >= 0.6 is 34.8 Å². The Balaban J connectivity index is 1.71. The van der Waals surface area contributed by atoms with E-state index in [1.807, 2.05) is 11.5 Å². The molecule has 1 aromatic heterocycles. The number of imidazole rings is 1. The smallest absolute Gasteiger partial charge is 0.224 e. The number of carbonyl (C=O) groups excluding carboxylic acids is 1. The van der Waals surface area contributed by atoms with E-state index in [0.29, 0.717) is 63.4 Å². The van der Waals surface area contributed by atoms with Gasteiger partial charge in [-0.15, -0.1) is 0 Å².